The third-order valence-corrected chi connectivity index (χ3v) is 3.46. The molecule has 2 aromatic rings. The maximum Gasteiger partial charge on any atom is 0.231 e. The van der Waals surface area contributed by atoms with Gasteiger partial charge in [-0.3, -0.25) is 4.79 Å². The topological polar surface area (TPSA) is 47.6 Å². The Morgan fingerprint density at radius 3 is 2.82 bits per heavy atom. The summed E-state index contributed by atoms with van der Waals surface area (Å²) in [5.74, 6) is 1.09. The van der Waals surface area contributed by atoms with E-state index in [-0.39, 0.29) is 18.5 Å². The molecular weight excluding hydrogens is 285 g/mol. The van der Waals surface area contributed by atoms with Crippen molar-refractivity contribution < 1.29 is 18.7 Å². The molecule has 3 rings (SSSR count). The van der Waals surface area contributed by atoms with Gasteiger partial charge in [-0.05, 0) is 41.8 Å². The number of benzene rings is 2. The summed E-state index contributed by atoms with van der Waals surface area (Å²) in [5, 5.41) is 2.79. The summed E-state index contributed by atoms with van der Waals surface area (Å²) in [7, 11) is 0. The van der Waals surface area contributed by atoms with Gasteiger partial charge in [-0.1, -0.05) is 18.2 Å². The fourth-order valence-electron chi connectivity index (χ4n) is 2.29. The molecule has 2 aromatic carbocycles. The molecule has 1 heterocycles. The van der Waals surface area contributed by atoms with E-state index in [9.17, 15) is 9.18 Å². The zero-order valence-corrected chi connectivity index (χ0v) is 12.0. The summed E-state index contributed by atoms with van der Waals surface area (Å²) in [6, 6.07) is 11.9. The molecule has 0 aromatic heterocycles. The van der Waals surface area contributed by atoms with Crippen LogP contribution < -0.4 is 14.8 Å². The average molecular weight is 301 g/mol. The number of halogens is 1. The molecule has 0 spiro atoms. The lowest BCUT2D eigenvalue weighted by molar-refractivity contribution is -0.121. The van der Waals surface area contributed by atoms with Gasteiger partial charge in [0.05, 0.1) is 0 Å². The van der Waals surface area contributed by atoms with Crippen LogP contribution >= 0.6 is 0 Å². The highest BCUT2D eigenvalue weighted by atomic mass is 19.1. The third kappa shape index (κ3) is 3.55. The van der Waals surface area contributed by atoms with Gasteiger partial charge in [-0.25, -0.2) is 4.39 Å². The molecule has 0 atom stereocenters. The van der Waals surface area contributed by atoms with Gasteiger partial charge in [0.1, 0.15) is 5.82 Å². The van der Waals surface area contributed by atoms with Gasteiger partial charge in [0.2, 0.25) is 12.7 Å². The molecule has 114 valence electrons. The summed E-state index contributed by atoms with van der Waals surface area (Å²) < 4.78 is 23.6. The van der Waals surface area contributed by atoms with Crippen molar-refractivity contribution in [3.05, 3.63) is 59.4 Å². The SMILES string of the molecule is O=C(CCc1ccc2c(c1)OCO2)NCc1cccc(F)c1. The average Bonchev–Trinajstić information content (AvgIpc) is 2.98. The fourth-order valence-corrected chi connectivity index (χ4v) is 2.29. The van der Waals surface area contributed by atoms with Crippen LogP contribution in [0.2, 0.25) is 0 Å². The van der Waals surface area contributed by atoms with E-state index in [1.54, 1.807) is 12.1 Å². The Morgan fingerprint density at radius 2 is 1.95 bits per heavy atom. The minimum absolute atomic E-state index is 0.0677. The first-order chi connectivity index (χ1) is 10.7. The minimum atomic E-state index is -0.299. The standard InChI is InChI=1S/C17H16FNO3/c18-14-3-1-2-13(8-14)10-19-17(20)7-5-12-4-6-15-16(9-12)22-11-21-15/h1-4,6,8-9H,5,7,10-11H2,(H,19,20). The van der Waals surface area contributed by atoms with Crippen LogP contribution in [0.4, 0.5) is 4.39 Å². The van der Waals surface area contributed by atoms with Crippen LogP contribution in [-0.4, -0.2) is 12.7 Å². The highest BCUT2D eigenvalue weighted by Gasteiger charge is 2.13. The zero-order valence-electron chi connectivity index (χ0n) is 12.0. The van der Waals surface area contributed by atoms with Gasteiger partial charge in [0.25, 0.3) is 0 Å². The van der Waals surface area contributed by atoms with E-state index in [0.29, 0.717) is 19.4 Å². The second-order valence-electron chi connectivity index (χ2n) is 5.09. The molecule has 1 N–H and O–H groups in total. The lowest BCUT2D eigenvalue weighted by Gasteiger charge is -2.06. The van der Waals surface area contributed by atoms with Crippen molar-refractivity contribution in [1.29, 1.82) is 0 Å². The van der Waals surface area contributed by atoms with E-state index in [4.69, 9.17) is 9.47 Å². The van der Waals surface area contributed by atoms with Crippen molar-refractivity contribution >= 4 is 5.91 Å². The number of carbonyl (C=O) groups is 1. The predicted molar refractivity (Wildman–Crippen MR) is 79.1 cm³/mol. The molecule has 0 saturated carbocycles. The summed E-state index contributed by atoms with van der Waals surface area (Å²) in [6.07, 6.45) is 0.987. The van der Waals surface area contributed by atoms with Crippen LogP contribution in [0, 0.1) is 5.82 Å². The Labute approximate surface area is 127 Å². The first-order valence-corrected chi connectivity index (χ1v) is 7.10. The number of ether oxygens (including phenoxy) is 2. The Kier molecular flexibility index (Phi) is 4.23. The number of hydrogen-bond acceptors (Lipinski definition) is 3. The maximum absolute atomic E-state index is 13.0. The summed E-state index contributed by atoms with van der Waals surface area (Å²) in [4.78, 5) is 11.8. The second kappa shape index (κ2) is 6.47. The molecule has 22 heavy (non-hydrogen) atoms. The molecule has 0 radical (unpaired) electrons. The van der Waals surface area contributed by atoms with Crippen LogP contribution in [-0.2, 0) is 17.8 Å². The fraction of sp³-hybridized carbons (Fsp3) is 0.235. The maximum atomic E-state index is 13.0. The first-order valence-electron chi connectivity index (χ1n) is 7.10. The molecule has 0 saturated heterocycles. The van der Waals surface area contributed by atoms with Gasteiger partial charge < -0.3 is 14.8 Å². The molecule has 0 bridgehead atoms. The largest absolute Gasteiger partial charge is 0.454 e. The summed E-state index contributed by atoms with van der Waals surface area (Å²) >= 11 is 0. The van der Waals surface area contributed by atoms with E-state index >= 15 is 0 Å². The second-order valence-corrected chi connectivity index (χ2v) is 5.09. The lowest BCUT2D eigenvalue weighted by Crippen LogP contribution is -2.23. The highest BCUT2D eigenvalue weighted by molar-refractivity contribution is 5.76. The van der Waals surface area contributed by atoms with Crippen LogP contribution in [0.5, 0.6) is 11.5 Å². The van der Waals surface area contributed by atoms with Crippen LogP contribution in [0.25, 0.3) is 0 Å². The number of fused-ring (bicyclic) bond motifs is 1. The Morgan fingerprint density at radius 1 is 1.09 bits per heavy atom. The van der Waals surface area contributed by atoms with Crippen molar-refractivity contribution in [2.45, 2.75) is 19.4 Å². The molecule has 0 fully saturated rings. The number of carbonyl (C=O) groups excluding carboxylic acids is 1. The van der Waals surface area contributed by atoms with Crippen molar-refractivity contribution in [2.24, 2.45) is 0 Å². The Balaban J connectivity index is 1.48. The molecule has 0 aliphatic carbocycles. The predicted octanol–water partition coefficient (Wildman–Crippen LogP) is 2.80. The van der Waals surface area contributed by atoms with Gasteiger partial charge in [0, 0.05) is 13.0 Å². The molecule has 5 heteroatoms. The molecular formula is C17H16FNO3. The van der Waals surface area contributed by atoms with Gasteiger partial charge in [-0.15, -0.1) is 0 Å². The smallest absolute Gasteiger partial charge is 0.231 e. The first kappa shape index (κ1) is 14.4. The van der Waals surface area contributed by atoms with E-state index < -0.39 is 0 Å². The van der Waals surface area contributed by atoms with Gasteiger partial charge in [-0.2, -0.15) is 0 Å². The van der Waals surface area contributed by atoms with Crippen molar-refractivity contribution in [2.75, 3.05) is 6.79 Å². The van der Waals surface area contributed by atoms with Gasteiger partial charge in [0.15, 0.2) is 11.5 Å². The monoisotopic (exact) mass is 301 g/mol. The van der Waals surface area contributed by atoms with E-state index in [1.807, 2.05) is 18.2 Å². The number of rotatable bonds is 5. The van der Waals surface area contributed by atoms with E-state index in [1.165, 1.54) is 12.1 Å². The Bertz CT molecular complexity index is 687. The quantitative estimate of drug-likeness (QED) is 0.924. The van der Waals surface area contributed by atoms with Crippen molar-refractivity contribution in [3.63, 3.8) is 0 Å². The van der Waals surface area contributed by atoms with Crippen LogP contribution in [0.15, 0.2) is 42.5 Å². The molecule has 1 amide bonds. The zero-order chi connectivity index (χ0) is 15.4. The van der Waals surface area contributed by atoms with Crippen LogP contribution in [0.1, 0.15) is 17.5 Å². The lowest BCUT2D eigenvalue weighted by atomic mass is 10.1. The minimum Gasteiger partial charge on any atom is -0.454 e. The highest BCUT2D eigenvalue weighted by Crippen LogP contribution is 2.32. The number of nitrogens with one attached hydrogen (secondary N) is 1. The van der Waals surface area contributed by atoms with Crippen molar-refractivity contribution in [1.82, 2.24) is 5.32 Å². The number of hydrogen-bond donors (Lipinski definition) is 1. The van der Waals surface area contributed by atoms with Crippen molar-refractivity contribution in [3.8, 4) is 11.5 Å². The molecule has 1 aliphatic heterocycles. The molecule has 4 nitrogen and oxygen atoms in total. The van der Waals surface area contributed by atoms with Crippen LogP contribution in [0.3, 0.4) is 0 Å². The summed E-state index contributed by atoms with van der Waals surface area (Å²) in [5.41, 5.74) is 1.77. The molecule has 1 aliphatic rings. The normalized spacial score (nSPS) is 12.2. The molecule has 0 unspecified atom stereocenters. The summed E-state index contributed by atoms with van der Waals surface area (Å²) in [6.45, 7) is 0.574. The number of amides is 1. The van der Waals surface area contributed by atoms with E-state index in [2.05, 4.69) is 5.32 Å². The van der Waals surface area contributed by atoms with Gasteiger partial charge >= 0.3 is 0 Å². The third-order valence-electron chi connectivity index (χ3n) is 3.46. The number of aryl methyl sites for hydroxylation is 1. The van der Waals surface area contributed by atoms with E-state index in [0.717, 1.165) is 22.6 Å². The Hall–Kier alpha value is -2.56.